The Balaban J connectivity index is 0.00000161. The molecule has 1 N–H and O–H groups in total. The zero-order chi connectivity index (χ0) is 13.8. The van der Waals surface area contributed by atoms with Gasteiger partial charge in [-0.1, -0.05) is 12.1 Å². The molecule has 0 unspecified atom stereocenters. The van der Waals surface area contributed by atoms with E-state index in [2.05, 4.69) is 26.5 Å². The van der Waals surface area contributed by atoms with E-state index in [9.17, 15) is 0 Å². The first kappa shape index (κ1) is 12.5. The van der Waals surface area contributed by atoms with E-state index in [-0.39, 0.29) is 1.43 Å². The third-order valence-electron chi connectivity index (χ3n) is 2.90. The van der Waals surface area contributed by atoms with Crippen molar-refractivity contribution in [3.05, 3.63) is 49.1 Å². The molecule has 0 aliphatic rings. The molecule has 3 aromatic rings. The van der Waals surface area contributed by atoms with E-state index in [0.717, 1.165) is 22.0 Å². The van der Waals surface area contributed by atoms with Crippen LogP contribution in [0.5, 0.6) is 0 Å². The monoisotopic (exact) mass is 268 g/mol. The van der Waals surface area contributed by atoms with Crippen LogP contribution in [0.25, 0.3) is 22.0 Å². The maximum atomic E-state index is 5.15. The molecule has 2 aromatic heterocycles. The van der Waals surface area contributed by atoms with Crippen LogP contribution in [0.3, 0.4) is 0 Å². The molecule has 0 aliphatic heterocycles. The number of aromatic nitrogens is 3. The molecule has 2 heterocycles. The summed E-state index contributed by atoms with van der Waals surface area (Å²) in [5, 5.41) is 2.14. The highest BCUT2D eigenvalue weighted by Gasteiger charge is 2.02. The molecular formula is C15H16N4O. The van der Waals surface area contributed by atoms with E-state index < -0.39 is 0 Å². The van der Waals surface area contributed by atoms with Crippen LogP contribution in [0.1, 0.15) is 8.35 Å². The van der Waals surface area contributed by atoms with Gasteiger partial charge in [0, 0.05) is 31.0 Å². The van der Waals surface area contributed by atoms with Gasteiger partial charge in [0.25, 0.3) is 0 Å². The van der Waals surface area contributed by atoms with Crippen LogP contribution in [0.2, 0.25) is 0 Å². The smallest absolute Gasteiger partial charge is 0.150 e. The lowest BCUT2D eigenvalue weighted by atomic mass is 10.1. The summed E-state index contributed by atoms with van der Waals surface area (Å²) >= 11 is 0. The molecule has 0 fully saturated rings. The van der Waals surface area contributed by atoms with Gasteiger partial charge in [-0.2, -0.15) is 0 Å². The normalized spacial score (nSPS) is 10.7. The molecule has 0 aliphatic carbocycles. The molecule has 0 saturated heterocycles. The molecule has 20 heavy (non-hydrogen) atoms. The molecule has 0 radical (unpaired) electrons. The average Bonchev–Trinajstić information content (AvgIpc) is 2.53. The van der Waals surface area contributed by atoms with Crippen LogP contribution >= 0.6 is 0 Å². The van der Waals surface area contributed by atoms with Crippen molar-refractivity contribution >= 4 is 16.6 Å². The lowest BCUT2D eigenvalue weighted by Crippen LogP contribution is -2.01. The zero-order valence-corrected chi connectivity index (χ0v) is 11.1. The van der Waals surface area contributed by atoms with Gasteiger partial charge in [-0.05, 0) is 24.4 Å². The Labute approximate surface area is 118 Å². The summed E-state index contributed by atoms with van der Waals surface area (Å²) in [5.74, 6) is 0.690. The standard InChI is InChI=1S/C15H14N4O.H2/c1-2-20-19-15-8-13-7-11(3-4-12(13)9-18-15)14-10-16-5-6-17-14;/h3-10H,2H2,1H3,(H,18,19);1H. The summed E-state index contributed by atoms with van der Waals surface area (Å²) in [6, 6.07) is 8.06. The van der Waals surface area contributed by atoms with Crippen molar-refractivity contribution in [3.8, 4) is 11.3 Å². The van der Waals surface area contributed by atoms with Crippen LogP contribution in [-0.4, -0.2) is 21.6 Å². The van der Waals surface area contributed by atoms with Crippen molar-refractivity contribution in [2.75, 3.05) is 12.1 Å². The minimum atomic E-state index is 0. The Hall–Kier alpha value is -2.53. The topological polar surface area (TPSA) is 59.9 Å². The predicted molar refractivity (Wildman–Crippen MR) is 80.1 cm³/mol. The van der Waals surface area contributed by atoms with Gasteiger partial charge in [-0.15, -0.1) is 0 Å². The van der Waals surface area contributed by atoms with E-state index in [0.29, 0.717) is 12.4 Å². The highest BCUT2D eigenvalue weighted by atomic mass is 16.6. The fourth-order valence-electron chi connectivity index (χ4n) is 1.95. The number of pyridine rings is 1. The van der Waals surface area contributed by atoms with Gasteiger partial charge >= 0.3 is 0 Å². The van der Waals surface area contributed by atoms with E-state index in [4.69, 9.17) is 4.84 Å². The lowest BCUT2D eigenvalue weighted by Gasteiger charge is -2.06. The zero-order valence-electron chi connectivity index (χ0n) is 11.1. The van der Waals surface area contributed by atoms with Crippen molar-refractivity contribution in [3.63, 3.8) is 0 Å². The van der Waals surface area contributed by atoms with Gasteiger partial charge in [0.2, 0.25) is 0 Å². The quantitative estimate of drug-likeness (QED) is 0.736. The summed E-state index contributed by atoms with van der Waals surface area (Å²) in [5.41, 5.74) is 4.69. The summed E-state index contributed by atoms with van der Waals surface area (Å²) in [6.07, 6.45) is 6.92. The minimum absolute atomic E-state index is 0. The van der Waals surface area contributed by atoms with Crippen molar-refractivity contribution in [1.82, 2.24) is 15.0 Å². The lowest BCUT2D eigenvalue weighted by molar-refractivity contribution is 0.209. The molecule has 102 valence electrons. The number of hydrogen-bond donors (Lipinski definition) is 1. The Morgan fingerprint density at radius 3 is 2.85 bits per heavy atom. The molecule has 5 nitrogen and oxygen atoms in total. The van der Waals surface area contributed by atoms with Gasteiger partial charge < -0.3 is 0 Å². The molecule has 0 saturated carbocycles. The van der Waals surface area contributed by atoms with Gasteiger partial charge in [-0.25, -0.2) is 10.5 Å². The SMILES string of the molecule is CCONc1cc2cc(-c3cnccn3)ccc2cn1.[HH]. The predicted octanol–water partition coefficient (Wildman–Crippen LogP) is 3.30. The summed E-state index contributed by atoms with van der Waals surface area (Å²) in [6.45, 7) is 2.50. The largest absolute Gasteiger partial charge is 0.275 e. The average molecular weight is 268 g/mol. The minimum Gasteiger partial charge on any atom is -0.275 e. The Kier molecular flexibility index (Phi) is 3.52. The van der Waals surface area contributed by atoms with Gasteiger partial charge in [0.05, 0.1) is 18.5 Å². The van der Waals surface area contributed by atoms with E-state index >= 15 is 0 Å². The van der Waals surface area contributed by atoms with Crippen molar-refractivity contribution in [2.24, 2.45) is 0 Å². The van der Waals surface area contributed by atoms with E-state index in [1.807, 2.05) is 31.3 Å². The Morgan fingerprint density at radius 2 is 2.05 bits per heavy atom. The third-order valence-corrected chi connectivity index (χ3v) is 2.90. The van der Waals surface area contributed by atoms with Crippen LogP contribution in [0.15, 0.2) is 49.1 Å². The molecule has 3 rings (SSSR count). The number of nitrogens with one attached hydrogen (secondary N) is 1. The van der Waals surface area contributed by atoms with E-state index in [1.54, 1.807) is 18.6 Å². The summed E-state index contributed by atoms with van der Waals surface area (Å²) in [4.78, 5) is 17.8. The molecule has 1 aromatic carbocycles. The van der Waals surface area contributed by atoms with Crippen molar-refractivity contribution < 1.29 is 6.26 Å². The fraction of sp³-hybridized carbons (Fsp3) is 0.133. The molecule has 5 heteroatoms. The molecule has 0 amide bonds. The van der Waals surface area contributed by atoms with Crippen LogP contribution < -0.4 is 5.48 Å². The van der Waals surface area contributed by atoms with Gasteiger partial charge in [0.1, 0.15) is 5.82 Å². The van der Waals surface area contributed by atoms with Crippen LogP contribution in [-0.2, 0) is 4.84 Å². The first-order valence-corrected chi connectivity index (χ1v) is 6.41. The number of anilines is 1. The number of hydrogen-bond acceptors (Lipinski definition) is 5. The van der Waals surface area contributed by atoms with Gasteiger partial charge in [0.15, 0.2) is 0 Å². The second-order valence-corrected chi connectivity index (χ2v) is 4.26. The summed E-state index contributed by atoms with van der Waals surface area (Å²) < 4.78 is 0. The Morgan fingerprint density at radius 1 is 1.10 bits per heavy atom. The van der Waals surface area contributed by atoms with Crippen LogP contribution in [0.4, 0.5) is 5.82 Å². The number of fused-ring (bicyclic) bond motifs is 1. The molecule has 0 spiro atoms. The highest BCUT2D eigenvalue weighted by molar-refractivity contribution is 5.87. The highest BCUT2D eigenvalue weighted by Crippen LogP contribution is 2.23. The second-order valence-electron chi connectivity index (χ2n) is 4.26. The maximum Gasteiger partial charge on any atom is 0.150 e. The number of benzene rings is 1. The van der Waals surface area contributed by atoms with E-state index in [1.165, 1.54) is 0 Å². The first-order valence-electron chi connectivity index (χ1n) is 6.41. The second kappa shape index (κ2) is 5.63. The first-order chi connectivity index (χ1) is 9.86. The summed E-state index contributed by atoms with van der Waals surface area (Å²) in [7, 11) is 0. The number of rotatable bonds is 4. The molecular weight excluding hydrogens is 252 g/mol. The number of nitrogens with zero attached hydrogens (tertiary/aromatic N) is 3. The van der Waals surface area contributed by atoms with Gasteiger partial charge in [-0.3, -0.25) is 14.8 Å². The fourth-order valence-corrected chi connectivity index (χ4v) is 1.95. The van der Waals surface area contributed by atoms with Crippen molar-refractivity contribution in [1.29, 1.82) is 0 Å². The maximum absolute atomic E-state index is 5.15. The van der Waals surface area contributed by atoms with Crippen molar-refractivity contribution in [2.45, 2.75) is 6.92 Å². The molecule has 0 bridgehead atoms. The Bertz CT molecular complexity index is 721. The third kappa shape index (κ3) is 2.57. The van der Waals surface area contributed by atoms with Crippen LogP contribution in [0, 0.1) is 0 Å². The molecule has 0 atom stereocenters.